The Labute approximate surface area is 125 Å². The highest BCUT2D eigenvalue weighted by atomic mass is 35.5. The van der Waals surface area contributed by atoms with Crippen molar-refractivity contribution in [3.63, 3.8) is 0 Å². The van der Waals surface area contributed by atoms with E-state index in [1.165, 1.54) is 25.3 Å². The van der Waals surface area contributed by atoms with Gasteiger partial charge in [-0.25, -0.2) is 0 Å². The number of carbonyl (C=O) groups excluding carboxylic acids is 1. The summed E-state index contributed by atoms with van der Waals surface area (Å²) >= 11 is 11.6. The van der Waals surface area contributed by atoms with E-state index in [2.05, 4.69) is 5.32 Å². The Kier molecular flexibility index (Phi) is 4.37. The lowest BCUT2D eigenvalue weighted by molar-refractivity contribution is 0.102. The van der Waals surface area contributed by atoms with E-state index < -0.39 is 5.91 Å². The quantitative estimate of drug-likeness (QED) is 0.902. The van der Waals surface area contributed by atoms with Gasteiger partial charge in [0.15, 0.2) is 0 Å². The molecular formula is C14H11Cl2NO3. The van der Waals surface area contributed by atoms with Gasteiger partial charge in [0.2, 0.25) is 0 Å². The molecule has 1 amide bonds. The first-order valence-corrected chi connectivity index (χ1v) is 6.40. The van der Waals surface area contributed by atoms with Crippen LogP contribution in [-0.4, -0.2) is 18.1 Å². The Morgan fingerprint density at radius 2 is 1.95 bits per heavy atom. The van der Waals surface area contributed by atoms with Crippen LogP contribution < -0.4 is 10.1 Å². The Balaban J connectivity index is 2.23. The van der Waals surface area contributed by atoms with Crippen molar-refractivity contribution in [1.82, 2.24) is 0 Å². The fourth-order valence-corrected chi connectivity index (χ4v) is 1.99. The summed E-state index contributed by atoms with van der Waals surface area (Å²) in [5.41, 5.74) is 0.633. The van der Waals surface area contributed by atoms with Crippen LogP contribution in [0.5, 0.6) is 11.5 Å². The predicted octanol–water partition coefficient (Wildman–Crippen LogP) is 3.96. The average Bonchev–Trinajstić information content (AvgIpc) is 2.40. The normalized spacial score (nSPS) is 10.2. The molecule has 2 aromatic carbocycles. The van der Waals surface area contributed by atoms with Crippen LogP contribution in [0.2, 0.25) is 10.0 Å². The summed E-state index contributed by atoms with van der Waals surface area (Å²) in [4.78, 5) is 12.0. The fourth-order valence-electron chi connectivity index (χ4n) is 1.63. The van der Waals surface area contributed by atoms with Gasteiger partial charge in [-0.3, -0.25) is 4.79 Å². The number of methoxy groups -OCH3 is 1. The van der Waals surface area contributed by atoms with Gasteiger partial charge >= 0.3 is 0 Å². The van der Waals surface area contributed by atoms with Crippen molar-refractivity contribution < 1.29 is 14.6 Å². The van der Waals surface area contributed by atoms with E-state index in [4.69, 9.17) is 27.9 Å². The number of aromatic hydroxyl groups is 1. The Bertz CT molecular complexity index is 659. The van der Waals surface area contributed by atoms with Crippen LogP contribution in [0.25, 0.3) is 0 Å². The minimum absolute atomic E-state index is 0.128. The molecule has 104 valence electrons. The number of benzene rings is 2. The number of hydrogen-bond donors (Lipinski definition) is 2. The molecule has 2 aromatic rings. The third kappa shape index (κ3) is 3.15. The molecule has 0 aliphatic heterocycles. The van der Waals surface area contributed by atoms with Crippen LogP contribution >= 0.6 is 23.2 Å². The number of halogens is 2. The van der Waals surface area contributed by atoms with E-state index >= 15 is 0 Å². The summed E-state index contributed by atoms with van der Waals surface area (Å²) in [7, 11) is 1.48. The van der Waals surface area contributed by atoms with Crippen molar-refractivity contribution >= 4 is 34.8 Å². The van der Waals surface area contributed by atoms with Crippen LogP contribution in [-0.2, 0) is 0 Å². The molecule has 0 radical (unpaired) electrons. The molecule has 0 saturated carbocycles. The standard InChI is InChI=1S/C14H11Cl2NO3/c1-20-13-7-9(3-5-11(13)16)17-14(19)10-4-2-8(15)6-12(10)18/h2-7,18H,1H3,(H,17,19). The SMILES string of the molecule is COc1cc(NC(=O)c2ccc(Cl)cc2O)ccc1Cl. The first-order chi connectivity index (χ1) is 9.51. The van der Waals surface area contributed by atoms with Gasteiger partial charge in [0, 0.05) is 16.8 Å². The first kappa shape index (κ1) is 14.5. The first-order valence-electron chi connectivity index (χ1n) is 5.64. The molecule has 4 nitrogen and oxygen atoms in total. The third-order valence-corrected chi connectivity index (χ3v) is 3.16. The molecule has 0 unspecified atom stereocenters. The zero-order valence-corrected chi connectivity index (χ0v) is 12.0. The number of phenolic OH excluding ortho intramolecular Hbond substituents is 1. The maximum Gasteiger partial charge on any atom is 0.259 e. The molecule has 6 heteroatoms. The second-order valence-electron chi connectivity index (χ2n) is 3.96. The second-order valence-corrected chi connectivity index (χ2v) is 4.81. The summed E-state index contributed by atoms with van der Waals surface area (Å²) < 4.78 is 5.06. The smallest absolute Gasteiger partial charge is 0.259 e. The lowest BCUT2D eigenvalue weighted by atomic mass is 10.2. The average molecular weight is 312 g/mol. The minimum atomic E-state index is -0.455. The molecule has 2 N–H and O–H groups in total. The molecule has 0 bridgehead atoms. The van der Waals surface area contributed by atoms with Crippen molar-refractivity contribution in [2.45, 2.75) is 0 Å². The van der Waals surface area contributed by atoms with E-state index in [9.17, 15) is 9.90 Å². The zero-order chi connectivity index (χ0) is 14.7. The molecule has 0 aliphatic carbocycles. The number of phenols is 1. The largest absolute Gasteiger partial charge is 0.507 e. The van der Waals surface area contributed by atoms with Crippen molar-refractivity contribution in [3.05, 3.63) is 52.0 Å². The number of amides is 1. The second kappa shape index (κ2) is 6.03. The third-order valence-electron chi connectivity index (χ3n) is 2.61. The summed E-state index contributed by atoms with van der Waals surface area (Å²) in [6, 6.07) is 9.11. The Hall–Kier alpha value is -1.91. The van der Waals surface area contributed by atoms with E-state index in [0.717, 1.165) is 0 Å². The van der Waals surface area contributed by atoms with Gasteiger partial charge < -0.3 is 15.2 Å². The lowest BCUT2D eigenvalue weighted by Crippen LogP contribution is -2.12. The predicted molar refractivity (Wildman–Crippen MR) is 79.1 cm³/mol. The molecule has 20 heavy (non-hydrogen) atoms. The van der Waals surface area contributed by atoms with Gasteiger partial charge in [-0.2, -0.15) is 0 Å². The maximum absolute atomic E-state index is 12.0. The van der Waals surface area contributed by atoms with Gasteiger partial charge in [0.05, 0.1) is 17.7 Å². The molecule has 0 spiro atoms. The number of anilines is 1. The van der Waals surface area contributed by atoms with E-state index in [1.54, 1.807) is 18.2 Å². The number of nitrogens with one attached hydrogen (secondary N) is 1. The van der Waals surface area contributed by atoms with E-state index in [-0.39, 0.29) is 11.3 Å². The summed E-state index contributed by atoms with van der Waals surface area (Å²) in [6.45, 7) is 0. The van der Waals surface area contributed by atoms with Crippen molar-refractivity contribution in [2.24, 2.45) is 0 Å². The van der Waals surface area contributed by atoms with Crippen LogP contribution in [0.3, 0.4) is 0 Å². The highest BCUT2D eigenvalue weighted by Crippen LogP contribution is 2.28. The molecule has 0 aromatic heterocycles. The number of rotatable bonds is 3. The van der Waals surface area contributed by atoms with Crippen molar-refractivity contribution in [1.29, 1.82) is 0 Å². The van der Waals surface area contributed by atoms with E-state index in [1.807, 2.05) is 0 Å². The topological polar surface area (TPSA) is 58.6 Å². The Morgan fingerprint density at radius 3 is 2.60 bits per heavy atom. The summed E-state index contributed by atoms with van der Waals surface area (Å²) in [5, 5.41) is 13.1. The van der Waals surface area contributed by atoms with Crippen LogP contribution in [0.1, 0.15) is 10.4 Å². The Morgan fingerprint density at radius 1 is 1.20 bits per heavy atom. The summed E-state index contributed by atoms with van der Waals surface area (Å²) in [6.07, 6.45) is 0. The molecule has 0 saturated heterocycles. The zero-order valence-electron chi connectivity index (χ0n) is 10.5. The summed E-state index contributed by atoms with van der Waals surface area (Å²) in [5.74, 6) is -0.190. The minimum Gasteiger partial charge on any atom is -0.507 e. The molecule has 0 heterocycles. The van der Waals surface area contributed by atoms with Gasteiger partial charge in [-0.15, -0.1) is 0 Å². The highest BCUT2D eigenvalue weighted by Gasteiger charge is 2.12. The molecule has 2 rings (SSSR count). The van der Waals surface area contributed by atoms with Gasteiger partial charge in [0.1, 0.15) is 11.5 Å². The van der Waals surface area contributed by atoms with Gasteiger partial charge in [0.25, 0.3) is 5.91 Å². The molecule has 0 atom stereocenters. The molecule has 0 aliphatic rings. The van der Waals surface area contributed by atoms with E-state index in [0.29, 0.717) is 21.5 Å². The van der Waals surface area contributed by atoms with Crippen LogP contribution in [0.4, 0.5) is 5.69 Å². The highest BCUT2D eigenvalue weighted by molar-refractivity contribution is 6.32. The van der Waals surface area contributed by atoms with Crippen molar-refractivity contribution in [3.8, 4) is 11.5 Å². The lowest BCUT2D eigenvalue weighted by Gasteiger charge is -2.09. The molecular weight excluding hydrogens is 301 g/mol. The van der Waals surface area contributed by atoms with Crippen LogP contribution in [0, 0.1) is 0 Å². The number of carbonyl (C=O) groups is 1. The maximum atomic E-state index is 12.0. The van der Waals surface area contributed by atoms with Gasteiger partial charge in [-0.1, -0.05) is 23.2 Å². The van der Waals surface area contributed by atoms with Crippen LogP contribution in [0.15, 0.2) is 36.4 Å². The monoisotopic (exact) mass is 311 g/mol. The number of hydrogen-bond acceptors (Lipinski definition) is 3. The molecule has 0 fully saturated rings. The van der Waals surface area contributed by atoms with Gasteiger partial charge in [-0.05, 0) is 30.3 Å². The number of ether oxygens (including phenoxy) is 1. The fraction of sp³-hybridized carbons (Fsp3) is 0.0714. The van der Waals surface area contributed by atoms with Crippen molar-refractivity contribution in [2.75, 3.05) is 12.4 Å².